The minimum atomic E-state index is -0.588. The van der Waals surface area contributed by atoms with Crippen molar-refractivity contribution in [2.75, 3.05) is 0 Å². The lowest BCUT2D eigenvalue weighted by Gasteiger charge is -2.29. The Balaban J connectivity index is 1.82. The zero-order chi connectivity index (χ0) is 17.0. The molecule has 5 rings (SSSR count). The lowest BCUT2D eigenvalue weighted by molar-refractivity contribution is 0.0443. The Kier molecular flexibility index (Phi) is 2.82. The topological polar surface area (TPSA) is 52.6 Å². The Morgan fingerprint density at radius 3 is 1.88 bits per heavy atom. The first-order chi connectivity index (χ1) is 12.2. The number of para-hydroxylation sites is 2. The van der Waals surface area contributed by atoms with E-state index in [4.69, 9.17) is 9.47 Å². The van der Waals surface area contributed by atoms with Gasteiger partial charge in [0.05, 0.1) is 11.1 Å². The van der Waals surface area contributed by atoms with Crippen molar-refractivity contribution < 1.29 is 19.1 Å². The summed E-state index contributed by atoms with van der Waals surface area (Å²) in [6, 6.07) is 20.8. The second-order valence-electron chi connectivity index (χ2n) is 6.06. The second kappa shape index (κ2) is 5.05. The molecule has 0 saturated carbocycles. The second-order valence-corrected chi connectivity index (χ2v) is 6.06. The molecule has 2 heterocycles. The third kappa shape index (κ3) is 1.94. The normalized spacial score (nSPS) is 15.0. The van der Waals surface area contributed by atoms with Crippen molar-refractivity contribution in [3.63, 3.8) is 0 Å². The minimum Gasteiger partial charge on any atom is -0.457 e. The van der Waals surface area contributed by atoms with Crippen molar-refractivity contribution in [2.45, 2.75) is 5.92 Å². The number of hydrogen-bond acceptors (Lipinski definition) is 4. The molecule has 0 aliphatic carbocycles. The molecule has 0 aromatic heterocycles. The summed E-state index contributed by atoms with van der Waals surface area (Å²) in [6.45, 7) is 0. The molecule has 2 aliphatic heterocycles. The summed E-state index contributed by atoms with van der Waals surface area (Å²) in [5.74, 6) is 0.130. The van der Waals surface area contributed by atoms with Crippen LogP contribution in [0, 0.1) is 0 Å². The van der Waals surface area contributed by atoms with Crippen molar-refractivity contribution in [3.8, 4) is 11.5 Å². The van der Waals surface area contributed by atoms with E-state index in [0.717, 1.165) is 28.2 Å². The van der Waals surface area contributed by atoms with E-state index in [9.17, 15) is 9.59 Å². The lowest BCUT2D eigenvalue weighted by atomic mass is 9.80. The van der Waals surface area contributed by atoms with Crippen LogP contribution in [0.25, 0.3) is 0 Å². The summed E-state index contributed by atoms with van der Waals surface area (Å²) >= 11 is 0. The maximum atomic E-state index is 12.3. The number of hydrogen-bond donors (Lipinski definition) is 0. The van der Waals surface area contributed by atoms with Gasteiger partial charge < -0.3 is 9.47 Å². The fourth-order valence-electron chi connectivity index (χ4n) is 3.64. The first kappa shape index (κ1) is 14.0. The van der Waals surface area contributed by atoms with E-state index >= 15 is 0 Å². The summed E-state index contributed by atoms with van der Waals surface area (Å²) < 4.78 is 10.8. The average molecular weight is 328 g/mol. The standard InChI is InChI=1S/C21H12O4/c22-20-15-9-5-8-14(19(15)21(23)25-20)18-12-6-1-3-10-16(12)24-17-11-4-2-7-13(17)18/h1-11,18H. The highest BCUT2D eigenvalue weighted by Gasteiger charge is 2.37. The highest BCUT2D eigenvalue weighted by Crippen LogP contribution is 2.48. The summed E-state index contributed by atoms with van der Waals surface area (Å²) in [4.78, 5) is 24.2. The molecular weight excluding hydrogens is 316 g/mol. The molecule has 4 heteroatoms. The van der Waals surface area contributed by atoms with Gasteiger partial charge in [0.15, 0.2) is 0 Å². The predicted molar refractivity (Wildman–Crippen MR) is 90.1 cm³/mol. The van der Waals surface area contributed by atoms with Gasteiger partial charge in [0.25, 0.3) is 0 Å². The van der Waals surface area contributed by atoms with Gasteiger partial charge in [-0.25, -0.2) is 9.59 Å². The smallest absolute Gasteiger partial charge is 0.347 e. The molecule has 25 heavy (non-hydrogen) atoms. The van der Waals surface area contributed by atoms with E-state index in [-0.39, 0.29) is 5.92 Å². The molecule has 3 aromatic rings. The number of ether oxygens (including phenoxy) is 2. The van der Waals surface area contributed by atoms with Crippen LogP contribution in [-0.2, 0) is 4.74 Å². The molecule has 0 bridgehead atoms. The molecule has 0 radical (unpaired) electrons. The van der Waals surface area contributed by atoms with Crippen LogP contribution in [0.2, 0.25) is 0 Å². The van der Waals surface area contributed by atoms with Gasteiger partial charge in [-0.2, -0.15) is 0 Å². The average Bonchev–Trinajstić information content (AvgIpc) is 2.94. The van der Waals surface area contributed by atoms with E-state index in [2.05, 4.69) is 0 Å². The fraction of sp³-hybridized carbons (Fsp3) is 0.0476. The van der Waals surface area contributed by atoms with Gasteiger partial charge in [-0.1, -0.05) is 48.5 Å². The van der Waals surface area contributed by atoms with Crippen LogP contribution in [0.3, 0.4) is 0 Å². The molecule has 120 valence electrons. The van der Waals surface area contributed by atoms with Crippen molar-refractivity contribution >= 4 is 11.9 Å². The van der Waals surface area contributed by atoms with Crippen molar-refractivity contribution in [1.29, 1.82) is 0 Å². The molecule has 0 atom stereocenters. The summed E-state index contributed by atoms with van der Waals surface area (Å²) in [6.07, 6.45) is 0. The van der Waals surface area contributed by atoms with Crippen LogP contribution in [-0.4, -0.2) is 11.9 Å². The van der Waals surface area contributed by atoms with Gasteiger partial charge >= 0.3 is 11.9 Å². The molecule has 0 unspecified atom stereocenters. The van der Waals surface area contributed by atoms with Crippen LogP contribution in [0.1, 0.15) is 43.3 Å². The Morgan fingerprint density at radius 1 is 0.600 bits per heavy atom. The van der Waals surface area contributed by atoms with Crippen LogP contribution >= 0.6 is 0 Å². The van der Waals surface area contributed by atoms with Crippen LogP contribution in [0.4, 0.5) is 0 Å². The number of benzene rings is 3. The molecule has 0 spiro atoms. The molecule has 0 N–H and O–H groups in total. The number of fused-ring (bicyclic) bond motifs is 3. The Bertz CT molecular complexity index is 1010. The third-order valence-corrected chi connectivity index (χ3v) is 4.70. The van der Waals surface area contributed by atoms with E-state index in [1.807, 2.05) is 54.6 Å². The molecule has 3 aromatic carbocycles. The zero-order valence-electron chi connectivity index (χ0n) is 13.1. The molecule has 2 aliphatic rings. The highest BCUT2D eigenvalue weighted by molar-refractivity contribution is 6.15. The monoisotopic (exact) mass is 328 g/mol. The highest BCUT2D eigenvalue weighted by atomic mass is 16.6. The summed E-state index contributed by atoms with van der Waals surface area (Å²) in [5.41, 5.74) is 3.35. The molecular formula is C21H12O4. The Labute approximate surface area is 143 Å². The van der Waals surface area contributed by atoms with Crippen molar-refractivity contribution in [2.24, 2.45) is 0 Å². The maximum Gasteiger partial charge on any atom is 0.347 e. The van der Waals surface area contributed by atoms with Gasteiger partial charge in [0.1, 0.15) is 11.5 Å². The zero-order valence-corrected chi connectivity index (χ0v) is 13.1. The maximum absolute atomic E-state index is 12.3. The predicted octanol–water partition coefficient (Wildman–Crippen LogP) is 4.28. The van der Waals surface area contributed by atoms with Crippen LogP contribution in [0.5, 0.6) is 11.5 Å². The van der Waals surface area contributed by atoms with Gasteiger partial charge in [-0.15, -0.1) is 0 Å². The van der Waals surface area contributed by atoms with Gasteiger partial charge in [0.2, 0.25) is 0 Å². The Morgan fingerprint density at radius 2 is 1.20 bits per heavy atom. The van der Waals surface area contributed by atoms with E-state index < -0.39 is 11.9 Å². The first-order valence-corrected chi connectivity index (χ1v) is 7.99. The number of esters is 2. The van der Waals surface area contributed by atoms with Crippen LogP contribution < -0.4 is 4.74 Å². The van der Waals surface area contributed by atoms with Gasteiger partial charge in [-0.3, -0.25) is 0 Å². The third-order valence-electron chi connectivity index (χ3n) is 4.70. The number of rotatable bonds is 1. The van der Waals surface area contributed by atoms with Gasteiger partial charge in [-0.05, 0) is 23.8 Å². The SMILES string of the molecule is O=C1OC(=O)c2c1cccc2C1c2ccccc2Oc2ccccc21. The van der Waals surface area contributed by atoms with E-state index in [1.165, 1.54) is 0 Å². The Hall–Kier alpha value is -3.40. The quantitative estimate of drug-likeness (QED) is 0.386. The van der Waals surface area contributed by atoms with Crippen LogP contribution in [0.15, 0.2) is 66.7 Å². The fourth-order valence-corrected chi connectivity index (χ4v) is 3.64. The lowest BCUT2D eigenvalue weighted by Crippen LogP contribution is -2.14. The van der Waals surface area contributed by atoms with E-state index in [0.29, 0.717) is 11.1 Å². The largest absolute Gasteiger partial charge is 0.457 e. The number of cyclic esters (lactones) is 2. The molecule has 0 saturated heterocycles. The number of carbonyl (C=O) groups excluding carboxylic acids is 2. The number of carbonyl (C=O) groups is 2. The molecule has 4 nitrogen and oxygen atoms in total. The molecule has 0 amide bonds. The molecule has 0 fully saturated rings. The first-order valence-electron chi connectivity index (χ1n) is 7.99. The summed E-state index contributed by atoms with van der Waals surface area (Å²) in [5, 5.41) is 0. The minimum absolute atomic E-state index is 0.199. The van der Waals surface area contributed by atoms with Crippen molar-refractivity contribution in [1.82, 2.24) is 0 Å². The van der Waals surface area contributed by atoms with Gasteiger partial charge in [0, 0.05) is 17.0 Å². The van der Waals surface area contributed by atoms with Crippen molar-refractivity contribution in [3.05, 3.63) is 94.5 Å². The van der Waals surface area contributed by atoms with E-state index in [1.54, 1.807) is 12.1 Å². The summed E-state index contributed by atoms with van der Waals surface area (Å²) in [7, 11) is 0.